The lowest BCUT2D eigenvalue weighted by atomic mass is 9.76. The molecular formula is C21H28N6O3. The fraction of sp³-hybridized carbons (Fsp3) is 0.619. The van der Waals surface area contributed by atoms with Crippen molar-refractivity contribution in [2.75, 3.05) is 44.3 Å². The molecule has 160 valence electrons. The number of rotatable bonds is 3. The maximum Gasteiger partial charge on any atom is 0.274 e. The van der Waals surface area contributed by atoms with Crippen LogP contribution in [0.2, 0.25) is 0 Å². The number of anilines is 1. The molecule has 3 aliphatic rings. The Morgan fingerprint density at radius 3 is 2.67 bits per heavy atom. The van der Waals surface area contributed by atoms with Gasteiger partial charge < -0.3 is 14.5 Å². The van der Waals surface area contributed by atoms with Crippen LogP contribution in [0.25, 0.3) is 0 Å². The van der Waals surface area contributed by atoms with E-state index in [1.807, 2.05) is 17.9 Å². The molecule has 0 aromatic carbocycles. The van der Waals surface area contributed by atoms with E-state index >= 15 is 0 Å². The molecule has 0 radical (unpaired) electrons. The predicted octanol–water partition coefficient (Wildman–Crippen LogP) is 1.01. The van der Waals surface area contributed by atoms with Gasteiger partial charge in [0.05, 0.1) is 18.9 Å². The van der Waals surface area contributed by atoms with Gasteiger partial charge in [0.15, 0.2) is 0 Å². The van der Waals surface area contributed by atoms with E-state index in [0.717, 1.165) is 62.1 Å². The molecule has 0 saturated carbocycles. The normalized spacial score (nSPS) is 20.6. The lowest BCUT2D eigenvalue weighted by molar-refractivity contribution is 0.0657. The summed E-state index contributed by atoms with van der Waals surface area (Å²) in [4.78, 5) is 37.5. The Balaban J connectivity index is 1.36. The van der Waals surface area contributed by atoms with Gasteiger partial charge in [0.25, 0.3) is 11.5 Å². The minimum atomic E-state index is -0.110. The van der Waals surface area contributed by atoms with Crippen LogP contribution in [-0.2, 0) is 23.0 Å². The first-order chi connectivity index (χ1) is 14.6. The molecule has 1 amide bonds. The van der Waals surface area contributed by atoms with Crippen molar-refractivity contribution in [2.45, 2.75) is 44.4 Å². The van der Waals surface area contributed by atoms with Crippen molar-refractivity contribution in [3.8, 4) is 0 Å². The van der Waals surface area contributed by atoms with Crippen molar-refractivity contribution in [3.05, 3.63) is 39.1 Å². The number of likely N-dealkylation sites (tertiary alicyclic amines) is 1. The molecule has 5 rings (SSSR count). The summed E-state index contributed by atoms with van der Waals surface area (Å²) in [6.45, 7) is 6.12. The van der Waals surface area contributed by atoms with Gasteiger partial charge in [-0.15, -0.1) is 0 Å². The van der Waals surface area contributed by atoms with Crippen molar-refractivity contribution < 1.29 is 9.53 Å². The third-order valence-corrected chi connectivity index (χ3v) is 6.91. The van der Waals surface area contributed by atoms with Gasteiger partial charge in [-0.2, -0.15) is 5.10 Å². The maximum absolute atomic E-state index is 12.8. The first-order valence-electron chi connectivity index (χ1n) is 10.9. The minimum Gasteiger partial charge on any atom is -0.378 e. The Labute approximate surface area is 174 Å². The Kier molecular flexibility index (Phi) is 4.85. The van der Waals surface area contributed by atoms with E-state index in [9.17, 15) is 9.59 Å². The highest BCUT2D eigenvalue weighted by Gasteiger charge is 2.45. The molecule has 2 fully saturated rings. The Bertz CT molecular complexity index is 998. The Morgan fingerprint density at radius 1 is 1.20 bits per heavy atom. The van der Waals surface area contributed by atoms with Crippen LogP contribution in [0, 0.1) is 0 Å². The summed E-state index contributed by atoms with van der Waals surface area (Å²) >= 11 is 0. The van der Waals surface area contributed by atoms with Crippen molar-refractivity contribution >= 4 is 11.9 Å². The number of aromatic amines is 2. The molecule has 30 heavy (non-hydrogen) atoms. The molecule has 9 nitrogen and oxygen atoms in total. The summed E-state index contributed by atoms with van der Waals surface area (Å²) in [7, 11) is 0. The van der Waals surface area contributed by atoms with Crippen molar-refractivity contribution in [2.24, 2.45) is 0 Å². The summed E-state index contributed by atoms with van der Waals surface area (Å²) in [6.07, 6.45) is 4.17. The van der Waals surface area contributed by atoms with Gasteiger partial charge >= 0.3 is 0 Å². The van der Waals surface area contributed by atoms with E-state index in [1.165, 1.54) is 0 Å². The maximum atomic E-state index is 12.8. The van der Waals surface area contributed by atoms with Crippen molar-refractivity contribution in [1.82, 2.24) is 25.1 Å². The zero-order valence-corrected chi connectivity index (χ0v) is 17.4. The van der Waals surface area contributed by atoms with E-state index in [0.29, 0.717) is 37.9 Å². The Morgan fingerprint density at radius 2 is 1.97 bits per heavy atom. The third-order valence-electron chi connectivity index (χ3n) is 6.91. The number of aryl methyl sites for hydroxylation is 1. The predicted molar refractivity (Wildman–Crippen MR) is 111 cm³/mol. The van der Waals surface area contributed by atoms with E-state index < -0.39 is 0 Å². The second kappa shape index (κ2) is 7.54. The first-order valence-corrected chi connectivity index (χ1v) is 10.9. The zero-order valence-electron chi connectivity index (χ0n) is 17.4. The van der Waals surface area contributed by atoms with Crippen LogP contribution < -0.4 is 10.5 Å². The molecule has 2 N–H and O–H groups in total. The average molecular weight is 412 g/mol. The third kappa shape index (κ3) is 3.21. The highest BCUT2D eigenvalue weighted by Crippen LogP contribution is 2.44. The standard InChI is InChI=1S/C21H28N6O3/c1-2-14-13-16(25-24-14)19(29)26-7-5-21(6-8-26)4-3-15-17(21)22-20(23-18(15)28)27-9-11-30-12-10-27/h13H,2-12H2,1H3,(H,24,25)(H,22,23,28). The molecule has 2 aromatic heterocycles. The number of aromatic nitrogens is 4. The molecule has 4 heterocycles. The zero-order chi connectivity index (χ0) is 20.7. The molecule has 2 aliphatic heterocycles. The molecular weight excluding hydrogens is 384 g/mol. The molecule has 1 spiro atoms. The second-order valence-electron chi connectivity index (χ2n) is 8.52. The lowest BCUT2D eigenvalue weighted by Crippen LogP contribution is -2.45. The number of morpholine rings is 1. The van der Waals surface area contributed by atoms with Gasteiger partial charge in [0.1, 0.15) is 5.69 Å². The van der Waals surface area contributed by atoms with Crippen molar-refractivity contribution in [1.29, 1.82) is 0 Å². The molecule has 1 aliphatic carbocycles. The number of amides is 1. The molecule has 2 saturated heterocycles. The van der Waals surface area contributed by atoms with Crippen LogP contribution >= 0.6 is 0 Å². The van der Waals surface area contributed by atoms with Gasteiger partial charge in [-0.25, -0.2) is 4.98 Å². The number of nitrogens with zero attached hydrogens (tertiary/aromatic N) is 4. The number of hydrogen-bond donors (Lipinski definition) is 2. The van der Waals surface area contributed by atoms with Gasteiger partial charge in [-0.3, -0.25) is 19.7 Å². The number of nitrogens with one attached hydrogen (secondary N) is 2. The lowest BCUT2D eigenvalue weighted by Gasteiger charge is -2.39. The number of fused-ring (bicyclic) bond motifs is 2. The van der Waals surface area contributed by atoms with E-state index in [1.54, 1.807) is 0 Å². The molecule has 0 unspecified atom stereocenters. The van der Waals surface area contributed by atoms with Gasteiger partial charge in [0, 0.05) is 42.9 Å². The average Bonchev–Trinajstić information content (AvgIpc) is 3.40. The number of piperidine rings is 1. The smallest absolute Gasteiger partial charge is 0.274 e. The Hall–Kier alpha value is -2.68. The minimum absolute atomic E-state index is 0.0134. The number of hydrogen-bond acceptors (Lipinski definition) is 6. The summed E-state index contributed by atoms with van der Waals surface area (Å²) in [5, 5.41) is 7.09. The fourth-order valence-corrected chi connectivity index (χ4v) is 5.00. The van der Waals surface area contributed by atoms with Gasteiger partial charge in [-0.05, 0) is 38.2 Å². The summed E-state index contributed by atoms with van der Waals surface area (Å²) in [6, 6.07) is 1.84. The molecule has 9 heteroatoms. The molecule has 2 aromatic rings. The van der Waals surface area contributed by atoms with Crippen LogP contribution in [-0.4, -0.2) is 70.4 Å². The number of carbonyl (C=O) groups is 1. The largest absolute Gasteiger partial charge is 0.378 e. The van der Waals surface area contributed by atoms with Crippen LogP contribution in [0.3, 0.4) is 0 Å². The van der Waals surface area contributed by atoms with Gasteiger partial charge in [0.2, 0.25) is 5.95 Å². The first kappa shape index (κ1) is 19.3. The second-order valence-corrected chi connectivity index (χ2v) is 8.52. The topological polar surface area (TPSA) is 107 Å². The van der Waals surface area contributed by atoms with E-state index in [4.69, 9.17) is 9.72 Å². The van der Waals surface area contributed by atoms with Crippen LogP contribution in [0.1, 0.15) is 53.6 Å². The number of H-pyrrole nitrogens is 2. The summed E-state index contributed by atoms with van der Waals surface area (Å²) in [5.41, 5.74) is 3.11. The number of ether oxygens (including phenoxy) is 1. The van der Waals surface area contributed by atoms with Crippen molar-refractivity contribution in [3.63, 3.8) is 0 Å². The number of carbonyl (C=O) groups excluding carboxylic acids is 1. The van der Waals surface area contributed by atoms with Gasteiger partial charge in [-0.1, -0.05) is 6.92 Å². The van der Waals surface area contributed by atoms with Crippen LogP contribution in [0.15, 0.2) is 10.9 Å². The van der Waals surface area contributed by atoms with Crippen LogP contribution in [0.4, 0.5) is 5.95 Å². The summed E-state index contributed by atoms with van der Waals surface area (Å²) in [5.74, 6) is 0.636. The highest BCUT2D eigenvalue weighted by atomic mass is 16.5. The fourth-order valence-electron chi connectivity index (χ4n) is 5.00. The summed E-state index contributed by atoms with van der Waals surface area (Å²) < 4.78 is 5.43. The van der Waals surface area contributed by atoms with E-state index in [2.05, 4.69) is 20.1 Å². The quantitative estimate of drug-likeness (QED) is 0.779. The monoisotopic (exact) mass is 412 g/mol. The SMILES string of the molecule is CCc1cc(C(=O)N2CCC3(CCc4c3nc(N3CCOCC3)[nH]c4=O)CC2)n[nH]1. The van der Waals surface area contributed by atoms with Crippen LogP contribution in [0.5, 0.6) is 0 Å². The molecule has 0 bridgehead atoms. The molecule has 0 atom stereocenters. The highest BCUT2D eigenvalue weighted by molar-refractivity contribution is 5.92. The van der Waals surface area contributed by atoms with E-state index in [-0.39, 0.29) is 16.9 Å².